The predicted octanol–water partition coefficient (Wildman–Crippen LogP) is 4.17. The molecule has 1 fully saturated rings. The first kappa shape index (κ1) is 17.3. The summed E-state index contributed by atoms with van der Waals surface area (Å²) >= 11 is 1.72. The lowest BCUT2D eigenvalue weighted by atomic mass is 9.91. The molecule has 136 valence electrons. The van der Waals surface area contributed by atoms with Crippen LogP contribution >= 0.6 is 11.8 Å². The molecule has 26 heavy (non-hydrogen) atoms. The Balaban J connectivity index is 1.65. The number of rotatable bonds is 4. The Labute approximate surface area is 157 Å². The maximum atomic E-state index is 12.9. The Morgan fingerprint density at radius 2 is 1.92 bits per heavy atom. The lowest BCUT2D eigenvalue weighted by Crippen LogP contribution is -2.21. The molecule has 0 aliphatic heterocycles. The zero-order chi connectivity index (χ0) is 18.1. The van der Waals surface area contributed by atoms with E-state index in [1.165, 1.54) is 37.7 Å². The number of aromatic nitrogens is 4. The van der Waals surface area contributed by atoms with Crippen LogP contribution in [0.1, 0.15) is 43.2 Å². The van der Waals surface area contributed by atoms with Crippen molar-refractivity contribution in [3.05, 3.63) is 52.1 Å². The summed E-state index contributed by atoms with van der Waals surface area (Å²) in [7, 11) is 0. The molecule has 3 aromatic rings. The van der Waals surface area contributed by atoms with E-state index in [2.05, 4.69) is 23.2 Å². The molecule has 0 atom stereocenters. The van der Waals surface area contributed by atoms with Crippen molar-refractivity contribution in [1.82, 2.24) is 19.2 Å². The van der Waals surface area contributed by atoms with E-state index in [0.29, 0.717) is 5.65 Å². The van der Waals surface area contributed by atoms with Gasteiger partial charge in [-0.05, 0) is 49.8 Å². The highest BCUT2D eigenvalue weighted by atomic mass is 32.2. The lowest BCUT2D eigenvalue weighted by molar-refractivity contribution is 0.390. The smallest absolute Gasteiger partial charge is 0.279 e. The van der Waals surface area contributed by atoms with Crippen LogP contribution in [0, 0.1) is 19.8 Å². The largest absolute Gasteiger partial charge is 0.300 e. The Morgan fingerprint density at radius 1 is 1.12 bits per heavy atom. The highest BCUT2D eigenvalue weighted by Gasteiger charge is 2.17. The molecule has 0 N–H and O–H groups in total. The monoisotopic (exact) mass is 368 g/mol. The third kappa shape index (κ3) is 3.18. The molecule has 1 aromatic carbocycles. The molecule has 0 spiro atoms. The number of benzene rings is 1. The van der Waals surface area contributed by atoms with Gasteiger partial charge in [-0.1, -0.05) is 43.2 Å². The highest BCUT2D eigenvalue weighted by Crippen LogP contribution is 2.29. The van der Waals surface area contributed by atoms with Crippen molar-refractivity contribution in [2.45, 2.75) is 51.1 Å². The second kappa shape index (κ2) is 7.27. The molecular formula is C20H24N4OS. The first-order valence-corrected chi connectivity index (χ1v) is 10.3. The number of aryl methyl sites for hydroxylation is 1. The number of thioether (sulfide) groups is 1. The molecular weight excluding hydrogens is 344 g/mol. The summed E-state index contributed by atoms with van der Waals surface area (Å²) in [6.45, 7) is 4.09. The normalized spacial score (nSPS) is 15.6. The van der Waals surface area contributed by atoms with Crippen LogP contribution in [-0.2, 0) is 0 Å². The molecule has 6 heteroatoms. The van der Waals surface area contributed by atoms with Gasteiger partial charge in [0.15, 0.2) is 5.16 Å². The Bertz CT molecular complexity index is 985. The number of hydrogen-bond donors (Lipinski definition) is 0. The van der Waals surface area contributed by atoms with E-state index < -0.39 is 0 Å². The Hall–Kier alpha value is -2.08. The van der Waals surface area contributed by atoms with Gasteiger partial charge >= 0.3 is 5.56 Å². The molecule has 2 aromatic heterocycles. The minimum atomic E-state index is -0.127. The standard InChI is InChI=1S/C20H24N4OS/c1-14-7-6-10-17(15(14)2)23-11-12-24-18(19(23)25)21-22-20(24)26-13-16-8-4-3-5-9-16/h6-7,10-12,16H,3-5,8-9,13H2,1-2H3. The maximum absolute atomic E-state index is 12.9. The average Bonchev–Trinajstić information content (AvgIpc) is 3.08. The van der Waals surface area contributed by atoms with Crippen LogP contribution in [-0.4, -0.2) is 24.9 Å². The quantitative estimate of drug-likeness (QED) is 0.649. The zero-order valence-corrected chi connectivity index (χ0v) is 16.1. The number of hydrogen-bond acceptors (Lipinski definition) is 4. The van der Waals surface area contributed by atoms with Gasteiger partial charge in [-0.15, -0.1) is 10.2 Å². The van der Waals surface area contributed by atoms with Gasteiger partial charge in [0, 0.05) is 18.1 Å². The third-order valence-electron chi connectivity index (χ3n) is 5.45. The van der Waals surface area contributed by atoms with Gasteiger partial charge in [0.2, 0.25) is 5.65 Å². The van der Waals surface area contributed by atoms with Crippen molar-refractivity contribution in [3.8, 4) is 5.69 Å². The third-order valence-corrected chi connectivity index (χ3v) is 6.62. The second-order valence-corrected chi connectivity index (χ2v) is 8.17. The molecule has 2 heterocycles. The van der Waals surface area contributed by atoms with E-state index in [-0.39, 0.29) is 5.56 Å². The minimum absolute atomic E-state index is 0.127. The van der Waals surface area contributed by atoms with Crippen molar-refractivity contribution < 1.29 is 0 Å². The van der Waals surface area contributed by atoms with E-state index in [9.17, 15) is 4.79 Å². The highest BCUT2D eigenvalue weighted by molar-refractivity contribution is 7.99. The average molecular weight is 369 g/mol. The fourth-order valence-corrected chi connectivity index (χ4v) is 4.80. The Kier molecular flexibility index (Phi) is 4.85. The Morgan fingerprint density at radius 3 is 2.73 bits per heavy atom. The van der Waals surface area contributed by atoms with Crippen LogP contribution in [0.3, 0.4) is 0 Å². The van der Waals surface area contributed by atoms with E-state index in [0.717, 1.165) is 28.1 Å². The summed E-state index contributed by atoms with van der Waals surface area (Å²) in [6.07, 6.45) is 10.4. The van der Waals surface area contributed by atoms with Gasteiger partial charge in [0.25, 0.3) is 0 Å². The molecule has 1 aliphatic carbocycles. The van der Waals surface area contributed by atoms with Crippen LogP contribution in [0.2, 0.25) is 0 Å². The SMILES string of the molecule is Cc1cccc(-n2ccn3c(SCC4CCCCC4)nnc3c2=O)c1C. The first-order valence-electron chi connectivity index (χ1n) is 9.31. The maximum Gasteiger partial charge on any atom is 0.300 e. The van der Waals surface area contributed by atoms with Crippen LogP contribution in [0.4, 0.5) is 0 Å². The summed E-state index contributed by atoms with van der Waals surface area (Å²) in [5, 5.41) is 9.27. The van der Waals surface area contributed by atoms with Gasteiger partial charge < -0.3 is 0 Å². The summed E-state index contributed by atoms with van der Waals surface area (Å²) in [5.74, 6) is 1.82. The van der Waals surface area contributed by atoms with E-state index in [1.54, 1.807) is 16.3 Å². The van der Waals surface area contributed by atoms with Gasteiger partial charge in [-0.25, -0.2) is 0 Å². The van der Waals surface area contributed by atoms with E-state index >= 15 is 0 Å². The molecule has 1 saturated carbocycles. The van der Waals surface area contributed by atoms with Crippen molar-refractivity contribution in [2.75, 3.05) is 5.75 Å². The van der Waals surface area contributed by atoms with Gasteiger partial charge in [0.1, 0.15) is 0 Å². The van der Waals surface area contributed by atoms with E-state index in [4.69, 9.17) is 0 Å². The molecule has 0 amide bonds. The van der Waals surface area contributed by atoms with Gasteiger partial charge in [0.05, 0.1) is 5.69 Å². The number of nitrogens with zero attached hydrogens (tertiary/aromatic N) is 4. The summed E-state index contributed by atoms with van der Waals surface area (Å²) in [4.78, 5) is 12.9. The summed E-state index contributed by atoms with van der Waals surface area (Å²) in [5.41, 5.74) is 3.43. The second-order valence-electron chi connectivity index (χ2n) is 7.18. The molecule has 1 aliphatic rings. The van der Waals surface area contributed by atoms with Crippen molar-refractivity contribution >= 4 is 17.4 Å². The van der Waals surface area contributed by atoms with Crippen LogP contribution in [0.25, 0.3) is 11.3 Å². The lowest BCUT2D eigenvalue weighted by Gasteiger charge is -2.20. The summed E-state index contributed by atoms with van der Waals surface area (Å²) in [6, 6.07) is 6.00. The van der Waals surface area contributed by atoms with Crippen molar-refractivity contribution in [1.29, 1.82) is 0 Å². The molecule has 4 rings (SSSR count). The molecule has 0 saturated heterocycles. The van der Waals surface area contributed by atoms with Crippen LogP contribution < -0.4 is 5.56 Å². The molecule has 5 nitrogen and oxygen atoms in total. The van der Waals surface area contributed by atoms with Crippen molar-refractivity contribution in [2.24, 2.45) is 5.92 Å². The molecule has 0 bridgehead atoms. The van der Waals surface area contributed by atoms with Crippen molar-refractivity contribution in [3.63, 3.8) is 0 Å². The molecule has 0 radical (unpaired) electrons. The van der Waals surface area contributed by atoms with Gasteiger partial charge in [-0.2, -0.15) is 0 Å². The summed E-state index contributed by atoms with van der Waals surface area (Å²) < 4.78 is 3.50. The van der Waals surface area contributed by atoms with E-state index in [1.807, 2.05) is 35.9 Å². The van der Waals surface area contributed by atoms with Crippen LogP contribution in [0.15, 0.2) is 40.5 Å². The van der Waals surface area contributed by atoms with Crippen LogP contribution in [0.5, 0.6) is 0 Å². The van der Waals surface area contributed by atoms with Gasteiger partial charge in [-0.3, -0.25) is 13.8 Å². The minimum Gasteiger partial charge on any atom is -0.279 e. The number of fused-ring (bicyclic) bond motifs is 1. The first-order chi connectivity index (χ1) is 12.6. The zero-order valence-electron chi connectivity index (χ0n) is 15.3. The predicted molar refractivity (Wildman–Crippen MR) is 105 cm³/mol. The fraction of sp³-hybridized carbons (Fsp3) is 0.450. The topological polar surface area (TPSA) is 52.2 Å². The fourth-order valence-electron chi connectivity index (χ4n) is 3.70. The molecule has 0 unspecified atom stereocenters.